The predicted molar refractivity (Wildman–Crippen MR) is 102 cm³/mol. The second kappa shape index (κ2) is 7.66. The lowest BCUT2D eigenvalue weighted by atomic mass is 10.2. The molecule has 26 heavy (non-hydrogen) atoms. The van der Waals surface area contributed by atoms with Crippen LogP contribution < -0.4 is 9.47 Å². The summed E-state index contributed by atoms with van der Waals surface area (Å²) in [5.74, 6) is 1.02. The van der Waals surface area contributed by atoms with E-state index >= 15 is 0 Å². The first-order valence-corrected chi connectivity index (χ1v) is 9.17. The summed E-state index contributed by atoms with van der Waals surface area (Å²) in [7, 11) is 1.63. The second-order valence-electron chi connectivity index (χ2n) is 5.89. The molecule has 0 fully saturated rings. The van der Waals surface area contributed by atoms with Gasteiger partial charge in [-0.25, -0.2) is 0 Å². The van der Waals surface area contributed by atoms with Gasteiger partial charge in [-0.2, -0.15) is 4.73 Å². The number of aromatic nitrogens is 2. The van der Waals surface area contributed by atoms with Crippen LogP contribution in [0.3, 0.4) is 0 Å². The maximum atomic E-state index is 12.7. The van der Waals surface area contributed by atoms with Crippen LogP contribution in [0.25, 0.3) is 5.69 Å². The quantitative estimate of drug-likeness (QED) is 0.288. The maximum Gasteiger partial charge on any atom is 0.251 e. The van der Waals surface area contributed by atoms with Gasteiger partial charge in [0.15, 0.2) is 12.0 Å². The third-order valence-electron chi connectivity index (χ3n) is 4.20. The molecule has 0 bridgehead atoms. The first kappa shape index (κ1) is 18.1. The lowest BCUT2D eigenvalue weighted by molar-refractivity contribution is -0.645. The molecule has 0 spiro atoms. The minimum Gasteiger partial charge on any atom is -0.618 e. The predicted octanol–water partition coefficient (Wildman–Crippen LogP) is 3.71. The van der Waals surface area contributed by atoms with Gasteiger partial charge in [0.25, 0.3) is 5.03 Å². The zero-order chi connectivity index (χ0) is 18.7. The Morgan fingerprint density at radius 3 is 2.58 bits per heavy atom. The van der Waals surface area contributed by atoms with Crippen LogP contribution in [-0.2, 0) is 0 Å². The van der Waals surface area contributed by atoms with Crippen LogP contribution in [0.15, 0.2) is 59.8 Å². The van der Waals surface area contributed by atoms with Gasteiger partial charge in [-0.1, -0.05) is 0 Å². The molecular weight excluding hydrogens is 348 g/mol. The van der Waals surface area contributed by atoms with E-state index in [0.29, 0.717) is 10.6 Å². The van der Waals surface area contributed by atoms with Gasteiger partial charge in [-0.15, -0.1) is 0 Å². The largest absolute Gasteiger partial charge is 0.618 e. The van der Waals surface area contributed by atoms with Gasteiger partial charge < -0.3 is 14.5 Å². The molecule has 2 heterocycles. The monoisotopic (exact) mass is 368 g/mol. The van der Waals surface area contributed by atoms with Crippen molar-refractivity contribution in [1.82, 2.24) is 4.57 Å². The Morgan fingerprint density at radius 2 is 1.92 bits per heavy atom. The number of benzene rings is 1. The number of aryl methyl sites for hydroxylation is 1. The van der Waals surface area contributed by atoms with Gasteiger partial charge in [-0.05, 0) is 62.0 Å². The van der Waals surface area contributed by atoms with Crippen molar-refractivity contribution in [2.24, 2.45) is 0 Å². The molecule has 0 aliphatic rings. The van der Waals surface area contributed by atoms with E-state index < -0.39 is 0 Å². The molecule has 3 rings (SSSR count). The van der Waals surface area contributed by atoms with E-state index in [-0.39, 0.29) is 11.5 Å². The molecule has 0 N–H and O–H groups in total. The molecule has 5 nitrogen and oxygen atoms in total. The number of ketones is 1. The minimum atomic E-state index is 0.00622. The van der Waals surface area contributed by atoms with E-state index in [1.807, 2.05) is 48.7 Å². The summed E-state index contributed by atoms with van der Waals surface area (Å²) in [5.41, 5.74) is 3.54. The zero-order valence-electron chi connectivity index (χ0n) is 14.9. The number of ether oxygens (including phenoxy) is 1. The van der Waals surface area contributed by atoms with Crippen molar-refractivity contribution in [1.29, 1.82) is 0 Å². The molecule has 6 heteroatoms. The number of pyridine rings is 1. The topological polar surface area (TPSA) is 58.2 Å². The van der Waals surface area contributed by atoms with E-state index in [2.05, 4.69) is 0 Å². The Labute approximate surface area is 156 Å². The fourth-order valence-corrected chi connectivity index (χ4v) is 3.71. The number of rotatable bonds is 6. The van der Waals surface area contributed by atoms with Crippen molar-refractivity contribution < 1.29 is 14.3 Å². The first-order chi connectivity index (χ1) is 12.5. The van der Waals surface area contributed by atoms with Crippen molar-refractivity contribution >= 4 is 17.5 Å². The number of carbonyl (C=O) groups excluding carboxylic acids is 1. The highest BCUT2D eigenvalue weighted by Crippen LogP contribution is 2.24. The van der Waals surface area contributed by atoms with Crippen LogP contribution in [0.4, 0.5) is 0 Å². The number of methoxy groups -OCH3 is 1. The van der Waals surface area contributed by atoms with E-state index in [4.69, 9.17) is 4.74 Å². The molecule has 3 aromatic rings. The van der Waals surface area contributed by atoms with E-state index in [1.54, 1.807) is 25.3 Å². The number of Topliss-reactive ketones (excluding diaryl/α,β-unsaturated/α-hetero) is 1. The molecular formula is C20H20N2O3S. The Morgan fingerprint density at radius 1 is 1.19 bits per heavy atom. The van der Waals surface area contributed by atoms with Gasteiger partial charge in [0.1, 0.15) is 5.75 Å². The van der Waals surface area contributed by atoms with Gasteiger partial charge >= 0.3 is 0 Å². The van der Waals surface area contributed by atoms with E-state index in [9.17, 15) is 10.0 Å². The highest BCUT2D eigenvalue weighted by atomic mass is 32.2. The SMILES string of the molecule is COc1ccc(-n2c(C)cc(C(=O)CSc3cccc[n+]3[O-])c2C)cc1. The highest BCUT2D eigenvalue weighted by molar-refractivity contribution is 7.99. The lowest BCUT2D eigenvalue weighted by Gasteiger charge is -2.10. The van der Waals surface area contributed by atoms with Crippen LogP contribution in [0.2, 0.25) is 0 Å². The highest BCUT2D eigenvalue weighted by Gasteiger charge is 2.18. The molecule has 1 aromatic carbocycles. The summed E-state index contributed by atoms with van der Waals surface area (Å²) >= 11 is 1.25. The smallest absolute Gasteiger partial charge is 0.251 e. The van der Waals surface area contributed by atoms with E-state index in [1.165, 1.54) is 18.0 Å². The van der Waals surface area contributed by atoms with Crippen molar-refractivity contribution in [2.45, 2.75) is 18.9 Å². The summed E-state index contributed by atoms with van der Waals surface area (Å²) in [4.78, 5) is 12.7. The Kier molecular flexibility index (Phi) is 5.32. The lowest BCUT2D eigenvalue weighted by Crippen LogP contribution is -2.28. The fraction of sp³-hybridized carbons (Fsp3) is 0.200. The van der Waals surface area contributed by atoms with Crippen molar-refractivity contribution in [2.75, 3.05) is 12.9 Å². The molecule has 0 aliphatic heterocycles. The van der Waals surface area contributed by atoms with Crippen molar-refractivity contribution in [3.8, 4) is 11.4 Å². The van der Waals surface area contributed by atoms with Crippen molar-refractivity contribution in [3.63, 3.8) is 0 Å². The summed E-state index contributed by atoms with van der Waals surface area (Å²) in [5, 5.41) is 12.2. The van der Waals surface area contributed by atoms with Gasteiger partial charge in [0, 0.05) is 34.8 Å². The third kappa shape index (κ3) is 3.60. The minimum absolute atomic E-state index is 0.00622. The van der Waals surface area contributed by atoms with Crippen LogP contribution in [-0.4, -0.2) is 23.2 Å². The first-order valence-electron chi connectivity index (χ1n) is 8.19. The normalized spacial score (nSPS) is 10.7. The maximum absolute atomic E-state index is 12.7. The number of carbonyl (C=O) groups is 1. The van der Waals surface area contributed by atoms with Crippen LogP contribution in [0, 0.1) is 19.1 Å². The number of nitrogens with zero attached hydrogens (tertiary/aromatic N) is 2. The van der Waals surface area contributed by atoms with Crippen LogP contribution in [0.5, 0.6) is 5.75 Å². The molecule has 0 unspecified atom stereocenters. The average molecular weight is 368 g/mol. The Bertz CT molecular complexity index is 933. The standard InChI is InChI=1S/C20H20N2O3S/c1-14-12-18(19(23)13-26-20-6-4-5-11-21(20)24)15(2)22(14)16-7-9-17(25-3)10-8-16/h4-12H,13H2,1-3H3. The van der Waals surface area contributed by atoms with Gasteiger partial charge in [0.05, 0.1) is 12.9 Å². The summed E-state index contributed by atoms with van der Waals surface area (Å²) in [6.45, 7) is 3.91. The third-order valence-corrected chi connectivity index (χ3v) is 5.22. The van der Waals surface area contributed by atoms with Gasteiger partial charge in [-0.3, -0.25) is 4.79 Å². The summed E-state index contributed by atoms with van der Waals surface area (Å²) < 4.78 is 8.02. The molecule has 0 aliphatic carbocycles. The van der Waals surface area contributed by atoms with E-state index in [0.717, 1.165) is 27.6 Å². The second-order valence-corrected chi connectivity index (χ2v) is 6.89. The Hall–Kier alpha value is -2.73. The number of hydrogen-bond donors (Lipinski definition) is 0. The Balaban J connectivity index is 1.82. The average Bonchev–Trinajstić information content (AvgIpc) is 2.95. The van der Waals surface area contributed by atoms with Gasteiger partial charge in [0.2, 0.25) is 0 Å². The fourth-order valence-electron chi connectivity index (χ4n) is 2.92. The zero-order valence-corrected chi connectivity index (χ0v) is 15.7. The molecule has 0 atom stereocenters. The number of hydrogen-bond acceptors (Lipinski definition) is 4. The number of thioether (sulfide) groups is 1. The van der Waals surface area contributed by atoms with Crippen molar-refractivity contribution in [3.05, 3.63) is 76.9 Å². The summed E-state index contributed by atoms with van der Waals surface area (Å²) in [6, 6.07) is 14.8. The molecule has 134 valence electrons. The molecule has 0 radical (unpaired) electrons. The van der Waals surface area contributed by atoms with Crippen LogP contribution >= 0.6 is 11.8 Å². The van der Waals surface area contributed by atoms with Crippen LogP contribution in [0.1, 0.15) is 21.7 Å². The molecule has 0 saturated carbocycles. The summed E-state index contributed by atoms with van der Waals surface area (Å²) in [6.07, 6.45) is 1.43. The molecule has 0 saturated heterocycles. The molecule has 0 amide bonds. The molecule has 2 aromatic heterocycles.